The summed E-state index contributed by atoms with van der Waals surface area (Å²) in [4.78, 5) is 1.16. The van der Waals surface area contributed by atoms with Crippen molar-refractivity contribution in [2.45, 2.75) is 25.5 Å². The van der Waals surface area contributed by atoms with E-state index >= 15 is 0 Å². The van der Waals surface area contributed by atoms with Crippen LogP contribution in [0.2, 0.25) is 0 Å². The van der Waals surface area contributed by atoms with Gasteiger partial charge in [-0.1, -0.05) is 0 Å². The average Bonchev–Trinajstić information content (AvgIpc) is 3.11. The molecule has 118 valence electrons. The standard InChI is InChI=1S/C16H19FN2O2S/c1-10-14(4-5-22-10)19-15-3-2-11(17)6-16(15)21-13-7-12(9-20)18-8-13/h2-6,12-13,18-20H,7-9H2,1H3/t12-,13-/m0/s1. The van der Waals surface area contributed by atoms with Gasteiger partial charge < -0.3 is 20.5 Å². The van der Waals surface area contributed by atoms with Gasteiger partial charge in [0.1, 0.15) is 17.7 Å². The molecular weight excluding hydrogens is 303 g/mol. The van der Waals surface area contributed by atoms with E-state index < -0.39 is 0 Å². The number of hydrogen-bond acceptors (Lipinski definition) is 5. The molecular formula is C16H19FN2O2S. The van der Waals surface area contributed by atoms with Crippen molar-refractivity contribution >= 4 is 22.7 Å². The number of anilines is 2. The molecule has 3 rings (SSSR count). The molecule has 0 saturated carbocycles. The lowest BCUT2D eigenvalue weighted by Crippen LogP contribution is -2.25. The lowest BCUT2D eigenvalue weighted by Gasteiger charge is -2.17. The first-order valence-corrected chi connectivity index (χ1v) is 8.15. The summed E-state index contributed by atoms with van der Waals surface area (Å²) in [5.41, 5.74) is 1.74. The van der Waals surface area contributed by atoms with E-state index in [9.17, 15) is 4.39 Å². The van der Waals surface area contributed by atoms with Gasteiger partial charge >= 0.3 is 0 Å². The number of hydrogen-bond donors (Lipinski definition) is 3. The highest BCUT2D eigenvalue weighted by molar-refractivity contribution is 7.10. The molecule has 22 heavy (non-hydrogen) atoms. The molecule has 0 radical (unpaired) electrons. The van der Waals surface area contributed by atoms with Gasteiger partial charge in [-0.2, -0.15) is 0 Å². The Bertz CT molecular complexity index is 647. The first-order valence-electron chi connectivity index (χ1n) is 7.27. The number of benzene rings is 1. The van der Waals surface area contributed by atoms with Crippen molar-refractivity contribution in [2.75, 3.05) is 18.5 Å². The predicted molar refractivity (Wildman–Crippen MR) is 86.6 cm³/mol. The van der Waals surface area contributed by atoms with Crippen LogP contribution in [-0.2, 0) is 0 Å². The molecule has 3 N–H and O–H groups in total. The first-order chi connectivity index (χ1) is 10.7. The summed E-state index contributed by atoms with van der Waals surface area (Å²) in [6.45, 7) is 2.77. The zero-order valence-electron chi connectivity index (χ0n) is 12.3. The van der Waals surface area contributed by atoms with Gasteiger partial charge in [0.15, 0.2) is 0 Å². The number of halogens is 1. The molecule has 2 aromatic rings. The molecule has 2 atom stereocenters. The number of thiophene rings is 1. The fourth-order valence-corrected chi connectivity index (χ4v) is 3.20. The summed E-state index contributed by atoms with van der Waals surface area (Å²) in [6, 6.07) is 6.55. The summed E-state index contributed by atoms with van der Waals surface area (Å²) in [5, 5.41) is 17.6. The van der Waals surface area contributed by atoms with Crippen molar-refractivity contribution in [3.8, 4) is 5.75 Å². The van der Waals surface area contributed by atoms with E-state index in [1.165, 1.54) is 12.1 Å². The molecule has 1 aromatic heterocycles. The van der Waals surface area contributed by atoms with Crippen molar-refractivity contribution in [1.29, 1.82) is 0 Å². The van der Waals surface area contributed by atoms with E-state index in [-0.39, 0.29) is 24.6 Å². The van der Waals surface area contributed by atoms with Gasteiger partial charge in [-0.15, -0.1) is 11.3 Å². The zero-order chi connectivity index (χ0) is 15.5. The molecule has 1 aromatic carbocycles. The van der Waals surface area contributed by atoms with Crippen LogP contribution in [0.15, 0.2) is 29.6 Å². The third kappa shape index (κ3) is 3.40. The lowest BCUT2D eigenvalue weighted by molar-refractivity contribution is 0.207. The molecule has 2 heterocycles. The molecule has 1 aliphatic rings. The van der Waals surface area contributed by atoms with Crippen molar-refractivity contribution in [2.24, 2.45) is 0 Å². The van der Waals surface area contributed by atoms with E-state index in [4.69, 9.17) is 9.84 Å². The summed E-state index contributed by atoms with van der Waals surface area (Å²) < 4.78 is 19.5. The monoisotopic (exact) mass is 322 g/mol. The summed E-state index contributed by atoms with van der Waals surface area (Å²) in [5.74, 6) is 0.170. The van der Waals surface area contributed by atoms with Crippen LogP contribution >= 0.6 is 11.3 Å². The van der Waals surface area contributed by atoms with E-state index in [0.29, 0.717) is 18.7 Å². The zero-order valence-corrected chi connectivity index (χ0v) is 13.1. The van der Waals surface area contributed by atoms with Gasteiger partial charge in [0.05, 0.1) is 18.0 Å². The van der Waals surface area contributed by atoms with E-state index in [0.717, 1.165) is 16.3 Å². The van der Waals surface area contributed by atoms with Crippen LogP contribution in [0.25, 0.3) is 0 Å². The van der Waals surface area contributed by atoms with Crippen LogP contribution in [0.3, 0.4) is 0 Å². The highest BCUT2D eigenvalue weighted by Crippen LogP contribution is 2.33. The second kappa shape index (κ2) is 6.64. The number of aliphatic hydroxyl groups is 1. The quantitative estimate of drug-likeness (QED) is 0.792. The second-order valence-electron chi connectivity index (χ2n) is 5.42. The summed E-state index contributed by atoms with van der Waals surface area (Å²) in [6.07, 6.45) is 0.646. The molecule has 6 heteroatoms. The van der Waals surface area contributed by atoms with Crippen LogP contribution in [0, 0.1) is 12.7 Å². The molecule has 1 aliphatic heterocycles. The molecule has 0 unspecified atom stereocenters. The minimum Gasteiger partial charge on any atom is -0.487 e. The van der Waals surface area contributed by atoms with Gasteiger partial charge in [0, 0.05) is 30.0 Å². The third-order valence-corrected chi connectivity index (χ3v) is 4.61. The molecule has 1 saturated heterocycles. The number of nitrogens with one attached hydrogen (secondary N) is 2. The van der Waals surface area contributed by atoms with Crippen LogP contribution in [0.5, 0.6) is 5.75 Å². The predicted octanol–water partition coefficient (Wildman–Crippen LogP) is 3.04. The van der Waals surface area contributed by atoms with E-state index in [2.05, 4.69) is 10.6 Å². The highest BCUT2D eigenvalue weighted by atomic mass is 32.1. The Kier molecular flexibility index (Phi) is 4.61. The molecule has 0 spiro atoms. The van der Waals surface area contributed by atoms with Gasteiger partial charge in [-0.3, -0.25) is 0 Å². The Morgan fingerprint density at radius 2 is 2.27 bits per heavy atom. The SMILES string of the molecule is Cc1sccc1Nc1ccc(F)cc1O[C@@H]1CN[C@H](CO)C1. The smallest absolute Gasteiger partial charge is 0.146 e. The Morgan fingerprint density at radius 1 is 1.41 bits per heavy atom. The topological polar surface area (TPSA) is 53.5 Å². The third-order valence-electron chi connectivity index (χ3n) is 3.77. The maximum absolute atomic E-state index is 13.6. The Hall–Kier alpha value is -1.63. The number of aliphatic hydroxyl groups excluding tert-OH is 1. The molecule has 0 amide bonds. The minimum absolute atomic E-state index is 0.0501. The largest absolute Gasteiger partial charge is 0.487 e. The Balaban J connectivity index is 1.78. The maximum atomic E-state index is 13.6. The van der Waals surface area contributed by atoms with E-state index in [1.807, 2.05) is 18.4 Å². The van der Waals surface area contributed by atoms with Gasteiger partial charge in [0.2, 0.25) is 0 Å². The fourth-order valence-electron chi connectivity index (χ4n) is 2.55. The Morgan fingerprint density at radius 3 is 2.95 bits per heavy atom. The van der Waals surface area contributed by atoms with E-state index in [1.54, 1.807) is 17.4 Å². The van der Waals surface area contributed by atoms with Crippen molar-refractivity contribution < 1.29 is 14.2 Å². The van der Waals surface area contributed by atoms with Gasteiger partial charge in [-0.25, -0.2) is 4.39 Å². The maximum Gasteiger partial charge on any atom is 0.146 e. The fraction of sp³-hybridized carbons (Fsp3) is 0.375. The molecule has 1 fully saturated rings. The van der Waals surface area contributed by atoms with Crippen molar-refractivity contribution in [3.05, 3.63) is 40.3 Å². The summed E-state index contributed by atoms with van der Waals surface area (Å²) >= 11 is 1.65. The van der Waals surface area contributed by atoms with Gasteiger partial charge in [-0.05, 0) is 30.5 Å². The normalized spacial score (nSPS) is 21.0. The lowest BCUT2D eigenvalue weighted by atomic mass is 10.2. The van der Waals surface area contributed by atoms with Crippen LogP contribution in [0.4, 0.5) is 15.8 Å². The highest BCUT2D eigenvalue weighted by Gasteiger charge is 2.25. The van der Waals surface area contributed by atoms with Crippen molar-refractivity contribution in [1.82, 2.24) is 5.32 Å². The van der Waals surface area contributed by atoms with Crippen molar-refractivity contribution in [3.63, 3.8) is 0 Å². The first kappa shape index (κ1) is 15.3. The Labute approximate surface area is 132 Å². The average molecular weight is 322 g/mol. The number of ether oxygens (including phenoxy) is 1. The minimum atomic E-state index is -0.327. The number of aryl methyl sites for hydroxylation is 1. The molecule has 0 aliphatic carbocycles. The van der Waals surface area contributed by atoms with Crippen LogP contribution in [-0.4, -0.2) is 30.4 Å². The number of rotatable bonds is 5. The van der Waals surface area contributed by atoms with Crippen LogP contribution in [0.1, 0.15) is 11.3 Å². The van der Waals surface area contributed by atoms with Crippen LogP contribution < -0.4 is 15.4 Å². The summed E-state index contributed by atoms with van der Waals surface area (Å²) in [7, 11) is 0. The van der Waals surface area contributed by atoms with Gasteiger partial charge in [0.25, 0.3) is 0 Å². The molecule has 4 nitrogen and oxygen atoms in total. The molecule has 0 bridgehead atoms. The second-order valence-corrected chi connectivity index (χ2v) is 6.54.